The first kappa shape index (κ1) is 16.7. The number of aromatic nitrogens is 2. The van der Waals surface area contributed by atoms with E-state index in [0.29, 0.717) is 26.2 Å². The second-order valence-electron chi connectivity index (χ2n) is 5.76. The van der Waals surface area contributed by atoms with E-state index in [-0.39, 0.29) is 11.8 Å². The van der Waals surface area contributed by atoms with Gasteiger partial charge in [-0.25, -0.2) is 0 Å². The summed E-state index contributed by atoms with van der Waals surface area (Å²) in [5.74, 6) is 0.0725. The maximum Gasteiger partial charge on any atom is 0.264 e. The second kappa shape index (κ2) is 7.14. The van der Waals surface area contributed by atoms with E-state index in [1.807, 2.05) is 40.6 Å². The van der Waals surface area contributed by atoms with Crippen LogP contribution in [0.25, 0.3) is 0 Å². The highest BCUT2D eigenvalue weighted by molar-refractivity contribution is 7.12. The Morgan fingerprint density at radius 3 is 2.50 bits per heavy atom. The minimum absolute atomic E-state index is 0.0220. The summed E-state index contributed by atoms with van der Waals surface area (Å²) in [6, 6.07) is 3.31. The van der Waals surface area contributed by atoms with Crippen molar-refractivity contribution in [3.05, 3.63) is 40.3 Å². The first-order valence-electron chi connectivity index (χ1n) is 7.87. The van der Waals surface area contributed by atoms with Crippen molar-refractivity contribution in [2.45, 2.75) is 6.04 Å². The average molecular weight is 347 g/mol. The predicted molar refractivity (Wildman–Crippen MR) is 91.8 cm³/mol. The van der Waals surface area contributed by atoms with E-state index in [1.54, 1.807) is 17.9 Å². The van der Waals surface area contributed by atoms with Gasteiger partial charge >= 0.3 is 0 Å². The fraction of sp³-hybridized carbons (Fsp3) is 0.438. The van der Waals surface area contributed by atoms with Gasteiger partial charge in [-0.3, -0.25) is 14.3 Å². The monoisotopic (exact) mass is 347 g/mol. The van der Waals surface area contributed by atoms with Crippen molar-refractivity contribution < 1.29 is 9.59 Å². The summed E-state index contributed by atoms with van der Waals surface area (Å²) in [6.45, 7) is 2.22. The molecule has 1 aliphatic heterocycles. The normalized spacial score (nSPS) is 16.2. The topological polar surface area (TPSA) is 70.5 Å². The van der Waals surface area contributed by atoms with Gasteiger partial charge in [0.2, 0.25) is 5.91 Å². The standard InChI is InChI=1S/C16H21N5O2S/c1-17-14(12-10-18-19(2)11-12)16(23)21-7-5-20(6-8-21)15(22)13-4-3-9-24-13/h3-4,9-11,14,17H,5-8H2,1-2H3. The number of thiophene rings is 1. The first-order valence-corrected chi connectivity index (χ1v) is 8.75. The molecule has 0 bridgehead atoms. The lowest BCUT2D eigenvalue weighted by molar-refractivity contribution is -0.135. The van der Waals surface area contributed by atoms with E-state index in [2.05, 4.69) is 10.4 Å². The fourth-order valence-electron chi connectivity index (χ4n) is 2.89. The summed E-state index contributed by atoms with van der Waals surface area (Å²) in [5, 5.41) is 9.09. The summed E-state index contributed by atoms with van der Waals surface area (Å²) in [5.41, 5.74) is 0.849. The Kier molecular flexibility index (Phi) is 4.96. The number of hydrogen-bond donors (Lipinski definition) is 1. The Morgan fingerprint density at radius 2 is 1.96 bits per heavy atom. The van der Waals surface area contributed by atoms with Crippen LogP contribution in [0, 0.1) is 0 Å². The number of piperazine rings is 1. The number of nitrogens with one attached hydrogen (secondary N) is 1. The van der Waals surface area contributed by atoms with E-state index in [1.165, 1.54) is 11.3 Å². The molecule has 2 aromatic heterocycles. The van der Waals surface area contributed by atoms with E-state index < -0.39 is 6.04 Å². The largest absolute Gasteiger partial charge is 0.337 e. The molecule has 3 rings (SSSR count). The molecule has 0 aliphatic carbocycles. The molecular weight excluding hydrogens is 326 g/mol. The van der Waals surface area contributed by atoms with Gasteiger partial charge in [-0.15, -0.1) is 11.3 Å². The molecular formula is C16H21N5O2S. The van der Waals surface area contributed by atoms with Crippen molar-refractivity contribution in [3.8, 4) is 0 Å². The Labute approximate surface area is 144 Å². The molecule has 1 aliphatic rings. The van der Waals surface area contributed by atoms with Gasteiger partial charge < -0.3 is 15.1 Å². The van der Waals surface area contributed by atoms with Gasteiger partial charge in [-0.1, -0.05) is 6.07 Å². The molecule has 1 N–H and O–H groups in total. The highest BCUT2D eigenvalue weighted by atomic mass is 32.1. The van der Waals surface area contributed by atoms with Crippen molar-refractivity contribution in [2.75, 3.05) is 33.2 Å². The number of carbonyl (C=O) groups is 2. The molecule has 3 heterocycles. The zero-order chi connectivity index (χ0) is 17.1. The third-order valence-corrected chi connectivity index (χ3v) is 5.06. The van der Waals surface area contributed by atoms with Crippen LogP contribution in [0.5, 0.6) is 0 Å². The van der Waals surface area contributed by atoms with Crippen LogP contribution in [0.1, 0.15) is 21.3 Å². The summed E-state index contributed by atoms with van der Waals surface area (Å²) >= 11 is 1.45. The molecule has 0 radical (unpaired) electrons. The Morgan fingerprint density at radius 1 is 1.25 bits per heavy atom. The van der Waals surface area contributed by atoms with Gasteiger partial charge in [-0.2, -0.15) is 5.10 Å². The molecule has 1 fully saturated rings. The highest BCUT2D eigenvalue weighted by Crippen LogP contribution is 2.18. The Hall–Kier alpha value is -2.19. The van der Waals surface area contributed by atoms with E-state index in [9.17, 15) is 9.59 Å². The second-order valence-corrected chi connectivity index (χ2v) is 6.71. The van der Waals surface area contributed by atoms with Gasteiger partial charge in [0, 0.05) is 45.0 Å². The quantitative estimate of drug-likeness (QED) is 0.885. The third-order valence-electron chi connectivity index (χ3n) is 4.20. The van der Waals surface area contributed by atoms with Gasteiger partial charge in [0.25, 0.3) is 5.91 Å². The minimum atomic E-state index is -0.404. The fourth-order valence-corrected chi connectivity index (χ4v) is 3.58. The predicted octanol–water partition coefficient (Wildman–Crippen LogP) is 0.727. The number of likely N-dealkylation sites (N-methyl/N-ethyl adjacent to an activating group) is 1. The number of amides is 2. The SMILES string of the molecule is CNC(C(=O)N1CCN(C(=O)c2cccs2)CC1)c1cnn(C)c1. The van der Waals surface area contributed by atoms with Gasteiger partial charge in [0.1, 0.15) is 6.04 Å². The van der Waals surface area contributed by atoms with E-state index >= 15 is 0 Å². The number of rotatable bonds is 4. The lowest BCUT2D eigenvalue weighted by atomic mass is 10.1. The van der Waals surface area contributed by atoms with Crippen LogP contribution in [0.4, 0.5) is 0 Å². The van der Waals surface area contributed by atoms with Crippen molar-refractivity contribution in [1.29, 1.82) is 0 Å². The van der Waals surface area contributed by atoms with Crippen LogP contribution in [-0.2, 0) is 11.8 Å². The van der Waals surface area contributed by atoms with Crippen LogP contribution in [0.15, 0.2) is 29.9 Å². The number of hydrogen-bond acceptors (Lipinski definition) is 5. The molecule has 0 aromatic carbocycles. The summed E-state index contributed by atoms with van der Waals surface area (Å²) in [4.78, 5) is 29.5. The maximum atomic E-state index is 12.8. The maximum absolute atomic E-state index is 12.8. The highest BCUT2D eigenvalue weighted by Gasteiger charge is 2.30. The number of nitrogens with zero attached hydrogens (tertiary/aromatic N) is 4. The van der Waals surface area contributed by atoms with Gasteiger partial charge in [0.15, 0.2) is 0 Å². The Bertz CT molecular complexity index is 704. The minimum Gasteiger partial charge on any atom is -0.337 e. The molecule has 0 spiro atoms. The zero-order valence-electron chi connectivity index (χ0n) is 13.8. The molecule has 24 heavy (non-hydrogen) atoms. The molecule has 0 saturated carbocycles. The molecule has 128 valence electrons. The van der Waals surface area contributed by atoms with Crippen LogP contribution in [0.3, 0.4) is 0 Å². The molecule has 2 aromatic rings. The average Bonchev–Trinajstić information content (AvgIpc) is 3.27. The van der Waals surface area contributed by atoms with Crippen molar-refractivity contribution in [1.82, 2.24) is 24.9 Å². The summed E-state index contributed by atoms with van der Waals surface area (Å²) in [7, 11) is 3.60. The zero-order valence-corrected chi connectivity index (χ0v) is 14.6. The summed E-state index contributed by atoms with van der Waals surface area (Å²) < 4.78 is 1.69. The molecule has 8 heteroatoms. The first-order chi connectivity index (χ1) is 11.6. The molecule has 1 unspecified atom stereocenters. The number of aryl methyl sites for hydroxylation is 1. The molecule has 1 saturated heterocycles. The smallest absolute Gasteiger partial charge is 0.264 e. The van der Waals surface area contributed by atoms with Crippen LogP contribution in [0.2, 0.25) is 0 Å². The number of carbonyl (C=O) groups excluding carboxylic acids is 2. The lowest BCUT2D eigenvalue weighted by Gasteiger charge is -2.36. The molecule has 1 atom stereocenters. The van der Waals surface area contributed by atoms with Crippen LogP contribution >= 0.6 is 11.3 Å². The van der Waals surface area contributed by atoms with Gasteiger partial charge in [-0.05, 0) is 18.5 Å². The van der Waals surface area contributed by atoms with Crippen molar-refractivity contribution in [3.63, 3.8) is 0 Å². The van der Waals surface area contributed by atoms with Crippen LogP contribution < -0.4 is 5.32 Å². The van der Waals surface area contributed by atoms with Crippen molar-refractivity contribution >= 4 is 23.2 Å². The molecule has 2 amide bonds. The van der Waals surface area contributed by atoms with Gasteiger partial charge in [0.05, 0.1) is 11.1 Å². The third kappa shape index (κ3) is 3.34. The van der Waals surface area contributed by atoms with E-state index in [4.69, 9.17) is 0 Å². The summed E-state index contributed by atoms with van der Waals surface area (Å²) in [6.07, 6.45) is 3.55. The van der Waals surface area contributed by atoms with Crippen molar-refractivity contribution in [2.24, 2.45) is 7.05 Å². The Balaban J connectivity index is 1.61. The van der Waals surface area contributed by atoms with Crippen LogP contribution in [-0.4, -0.2) is 64.6 Å². The lowest BCUT2D eigenvalue weighted by Crippen LogP contribution is -2.52. The molecule has 7 nitrogen and oxygen atoms in total. The van der Waals surface area contributed by atoms with E-state index in [0.717, 1.165) is 10.4 Å².